The predicted octanol–water partition coefficient (Wildman–Crippen LogP) is 5.03. The molecule has 3 nitrogen and oxygen atoms in total. The van der Waals surface area contributed by atoms with Crippen LogP contribution < -0.4 is 10.2 Å². The Bertz CT molecular complexity index is 953. The fourth-order valence-electron chi connectivity index (χ4n) is 3.51. The van der Waals surface area contributed by atoms with Crippen molar-refractivity contribution in [2.75, 3.05) is 16.8 Å². The predicted molar refractivity (Wildman–Crippen MR) is 107 cm³/mol. The van der Waals surface area contributed by atoms with E-state index in [1.54, 1.807) is 30.3 Å². The number of nitrogens with zero attached hydrogens (tertiary/aromatic N) is 1. The summed E-state index contributed by atoms with van der Waals surface area (Å²) in [5.41, 5.74) is 4.54. The molecule has 0 radical (unpaired) electrons. The Labute approximate surface area is 158 Å². The minimum absolute atomic E-state index is 0.191. The normalized spacial score (nSPS) is 13.1. The van der Waals surface area contributed by atoms with Crippen LogP contribution in [0.25, 0.3) is 0 Å². The molecule has 27 heavy (non-hydrogen) atoms. The van der Waals surface area contributed by atoms with Crippen LogP contribution in [0.15, 0.2) is 72.8 Å². The molecule has 1 heterocycles. The summed E-state index contributed by atoms with van der Waals surface area (Å²) in [6, 6.07) is 22.2. The fraction of sp³-hybridized carbons (Fsp3) is 0.174. The molecule has 0 aliphatic carbocycles. The average molecular weight is 360 g/mol. The lowest BCUT2D eigenvalue weighted by Gasteiger charge is -2.31. The first-order valence-electron chi connectivity index (χ1n) is 9.18. The molecule has 1 aliphatic rings. The van der Waals surface area contributed by atoms with E-state index in [9.17, 15) is 9.18 Å². The molecule has 3 aromatic carbocycles. The Hall–Kier alpha value is -3.14. The number of nitrogens with one attached hydrogen (secondary N) is 1. The number of para-hydroxylation sites is 2. The second-order valence-electron chi connectivity index (χ2n) is 6.78. The maximum Gasteiger partial charge on any atom is 0.255 e. The van der Waals surface area contributed by atoms with Crippen molar-refractivity contribution < 1.29 is 9.18 Å². The lowest BCUT2D eigenvalue weighted by atomic mass is 10.0. The highest BCUT2D eigenvalue weighted by Gasteiger charge is 2.16. The molecule has 136 valence electrons. The molecule has 0 atom stereocenters. The van der Waals surface area contributed by atoms with Gasteiger partial charge in [-0.1, -0.05) is 42.5 Å². The molecule has 0 saturated heterocycles. The van der Waals surface area contributed by atoms with Crippen LogP contribution in [-0.2, 0) is 13.0 Å². The van der Waals surface area contributed by atoms with E-state index >= 15 is 0 Å². The van der Waals surface area contributed by atoms with Crippen molar-refractivity contribution in [3.05, 3.63) is 95.3 Å². The summed E-state index contributed by atoms with van der Waals surface area (Å²) in [6.45, 7) is 1.85. The topological polar surface area (TPSA) is 32.3 Å². The van der Waals surface area contributed by atoms with Gasteiger partial charge in [0, 0.05) is 24.3 Å². The summed E-state index contributed by atoms with van der Waals surface area (Å²) in [6.07, 6.45) is 2.28. The van der Waals surface area contributed by atoms with Gasteiger partial charge in [0.05, 0.1) is 5.69 Å². The van der Waals surface area contributed by atoms with Gasteiger partial charge < -0.3 is 10.2 Å². The van der Waals surface area contributed by atoms with E-state index in [0.717, 1.165) is 31.5 Å². The lowest BCUT2D eigenvalue weighted by Crippen LogP contribution is -2.28. The molecule has 0 spiro atoms. The Morgan fingerprint density at radius 3 is 2.52 bits per heavy atom. The second-order valence-corrected chi connectivity index (χ2v) is 6.78. The van der Waals surface area contributed by atoms with Gasteiger partial charge in [0.2, 0.25) is 0 Å². The summed E-state index contributed by atoms with van der Waals surface area (Å²) >= 11 is 0. The smallest absolute Gasteiger partial charge is 0.255 e. The molecular weight excluding hydrogens is 339 g/mol. The van der Waals surface area contributed by atoms with Crippen LogP contribution in [-0.4, -0.2) is 12.5 Å². The number of hydrogen-bond acceptors (Lipinski definition) is 2. The monoisotopic (exact) mass is 360 g/mol. The molecule has 1 amide bonds. The summed E-state index contributed by atoms with van der Waals surface area (Å²) in [7, 11) is 0. The van der Waals surface area contributed by atoms with Crippen molar-refractivity contribution in [1.29, 1.82) is 0 Å². The molecule has 0 fully saturated rings. The SMILES string of the molecule is O=C(Nc1ccccc1F)c1ccc(CN2CCCc3ccccc32)cc1. The average Bonchev–Trinajstić information content (AvgIpc) is 2.70. The van der Waals surface area contributed by atoms with Gasteiger partial charge in [-0.2, -0.15) is 0 Å². The number of fused-ring (bicyclic) bond motifs is 1. The molecule has 0 saturated carbocycles. The van der Waals surface area contributed by atoms with Gasteiger partial charge in [0.15, 0.2) is 0 Å². The highest BCUT2D eigenvalue weighted by atomic mass is 19.1. The van der Waals surface area contributed by atoms with Crippen LogP contribution >= 0.6 is 0 Å². The summed E-state index contributed by atoms with van der Waals surface area (Å²) in [5.74, 6) is -0.749. The zero-order chi connectivity index (χ0) is 18.6. The van der Waals surface area contributed by atoms with E-state index in [-0.39, 0.29) is 11.6 Å². The number of halogens is 1. The van der Waals surface area contributed by atoms with Crippen molar-refractivity contribution in [2.45, 2.75) is 19.4 Å². The number of anilines is 2. The third kappa shape index (κ3) is 3.85. The molecule has 3 aromatic rings. The van der Waals surface area contributed by atoms with E-state index in [2.05, 4.69) is 34.5 Å². The number of hydrogen-bond donors (Lipinski definition) is 1. The van der Waals surface area contributed by atoms with E-state index in [4.69, 9.17) is 0 Å². The lowest BCUT2D eigenvalue weighted by molar-refractivity contribution is 0.102. The molecular formula is C23H21FN2O. The van der Waals surface area contributed by atoms with Crippen LogP contribution in [0.3, 0.4) is 0 Å². The third-order valence-electron chi connectivity index (χ3n) is 4.92. The van der Waals surface area contributed by atoms with Crippen molar-refractivity contribution in [3.63, 3.8) is 0 Å². The number of benzene rings is 3. The van der Waals surface area contributed by atoms with Gasteiger partial charge in [-0.05, 0) is 54.3 Å². The largest absolute Gasteiger partial charge is 0.367 e. The number of carbonyl (C=O) groups excluding carboxylic acids is 1. The highest BCUT2D eigenvalue weighted by Crippen LogP contribution is 2.28. The van der Waals surface area contributed by atoms with Crippen LogP contribution in [0.2, 0.25) is 0 Å². The molecule has 4 rings (SSSR count). The van der Waals surface area contributed by atoms with Crippen LogP contribution in [0.5, 0.6) is 0 Å². The van der Waals surface area contributed by atoms with Gasteiger partial charge in [0.1, 0.15) is 5.82 Å². The van der Waals surface area contributed by atoms with Gasteiger partial charge >= 0.3 is 0 Å². The Balaban J connectivity index is 1.45. The van der Waals surface area contributed by atoms with Crippen LogP contribution in [0.4, 0.5) is 15.8 Å². The molecule has 1 N–H and O–H groups in total. The maximum atomic E-state index is 13.7. The zero-order valence-electron chi connectivity index (χ0n) is 15.0. The number of aryl methyl sites for hydroxylation is 1. The molecule has 4 heteroatoms. The van der Waals surface area contributed by atoms with Crippen molar-refractivity contribution in [3.8, 4) is 0 Å². The fourth-order valence-corrected chi connectivity index (χ4v) is 3.51. The highest BCUT2D eigenvalue weighted by molar-refractivity contribution is 6.04. The third-order valence-corrected chi connectivity index (χ3v) is 4.92. The minimum atomic E-state index is -0.439. The second kappa shape index (κ2) is 7.62. The van der Waals surface area contributed by atoms with Crippen molar-refractivity contribution >= 4 is 17.3 Å². The molecule has 0 unspecified atom stereocenters. The molecule has 0 bridgehead atoms. The number of carbonyl (C=O) groups is 1. The summed E-state index contributed by atoms with van der Waals surface area (Å²) < 4.78 is 13.7. The van der Waals surface area contributed by atoms with Gasteiger partial charge in [-0.25, -0.2) is 4.39 Å². The van der Waals surface area contributed by atoms with Gasteiger partial charge in [-0.15, -0.1) is 0 Å². The standard InChI is InChI=1S/C23H21FN2O/c24-20-8-2-3-9-21(20)25-23(27)19-13-11-17(12-14-19)16-26-15-5-7-18-6-1-4-10-22(18)26/h1-4,6,8-14H,5,7,15-16H2,(H,25,27). The van der Waals surface area contributed by atoms with E-state index in [1.807, 2.05) is 12.1 Å². The molecule has 0 aromatic heterocycles. The number of rotatable bonds is 4. The quantitative estimate of drug-likeness (QED) is 0.708. The zero-order valence-corrected chi connectivity index (χ0v) is 15.0. The Kier molecular flexibility index (Phi) is 4.88. The first kappa shape index (κ1) is 17.3. The summed E-state index contributed by atoms with van der Waals surface area (Å²) in [4.78, 5) is 14.7. The minimum Gasteiger partial charge on any atom is -0.367 e. The Morgan fingerprint density at radius 1 is 0.963 bits per heavy atom. The maximum absolute atomic E-state index is 13.7. The van der Waals surface area contributed by atoms with Crippen molar-refractivity contribution in [2.24, 2.45) is 0 Å². The van der Waals surface area contributed by atoms with Gasteiger partial charge in [0.25, 0.3) is 5.91 Å². The van der Waals surface area contributed by atoms with E-state index in [0.29, 0.717) is 5.56 Å². The van der Waals surface area contributed by atoms with E-state index < -0.39 is 5.82 Å². The van der Waals surface area contributed by atoms with E-state index in [1.165, 1.54) is 17.3 Å². The first-order chi connectivity index (χ1) is 13.2. The van der Waals surface area contributed by atoms with Gasteiger partial charge in [-0.3, -0.25) is 4.79 Å². The van der Waals surface area contributed by atoms with Crippen molar-refractivity contribution in [1.82, 2.24) is 0 Å². The molecule has 1 aliphatic heterocycles. The Morgan fingerprint density at radius 2 is 1.70 bits per heavy atom. The van der Waals surface area contributed by atoms with Crippen LogP contribution in [0, 0.1) is 5.82 Å². The van der Waals surface area contributed by atoms with Crippen LogP contribution in [0.1, 0.15) is 27.9 Å². The number of amides is 1. The first-order valence-corrected chi connectivity index (χ1v) is 9.18. The summed E-state index contributed by atoms with van der Waals surface area (Å²) in [5, 5.41) is 2.62.